The van der Waals surface area contributed by atoms with E-state index in [9.17, 15) is 14.7 Å². The van der Waals surface area contributed by atoms with Crippen molar-refractivity contribution in [1.29, 1.82) is 0 Å². The Bertz CT molecular complexity index is 214. The average molecular weight is 188 g/mol. The highest BCUT2D eigenvalue weighted by molar-refractivity contribution is 6.08. The number of hydrogen-bond donors (Lipinski definition) is 1. The third-order valence-electron chi connectivity index (χ3n) is 1.87. The second-order valence-corrected chi connectivity index (χ2v) is 4.42. The topological polar surface area (TPSA) is 54.4 Å². The van der Waals surface area contributed by atoms with Crippen LogP contribution < -0.4 is 0 Å². The second-order valence-electron chi connectivity index (χ2n) is 4.42. The molecule has 4 heteroatoms. The van der Waals surface area contributed by atoms with Crippen molar-refractivity contribution in [3.05, 3.63) is 0 Å². The summed E-state index contributed by atoms with van der Waals surface area (Å²) in [7, 11) is 5.45. The molecule has 0 bridgehead atoms. The van der Waals surface area contributed by atoms with Crippen LogP contribution in [0.3, 0.4) is 0 Å². The fourth-order valence-electron chi connectivity index (χ4n) is 1.16. The van der Waals surface area contributed by atoms with Crippen molar-refractivity contribution in [3.63, 3.8) is 0 Å². The molecule has 0 amide bonds. The Hall–Kier alpha value is -0.740. The fourth-order valence-corrected chi connectivity index (χ4v) is 1.16. The van der Waals surface area contributed by atoms with Gasteiger partial charge in [-0.05, 0) is 13.8 Å². The van der Waals surface area contributed by atoms with Crippen LogP contribution in [0.4, 0.5) is 0 Å². The van der Waals surface area contributed by atoms with Crippen molar-refractivity contribution in [3.8, 4) is 0 Å². The number of carbonyl (C=O) groups excluding carboxylic acids is 2. The van der Waals surface area contributed by atoms with Gasteiger partial charge in [-0.15, -0.1) is 0 Å². The van der Waals surface area contributed by atoms with Crippen LogP contribution in [0.5, 0.6) is 0 Å². The molecule has 0 heterocycles. The first kappa shape index (κ1) is 12.3. The number of hydrogen-bond acceptors (Lipinski definition) is 3. The van der Waals surface area contributed by atoms with E-state index in [1.807, 2.05) is 21.1 Å². The lowest BCUT2D eigenvalue weighted by atomic mass is 9.94. The summed E-state index contributed by atoms with van der Waals surface area (Å²) in [6.45, 7) is 2.58. The van der Waals surface area contributed by atoms with Gasteiger partial charge in [0.2, 0.25) is 5.60 Å². The Morgan fingerprint density at radius 3 is 1.54 bits per heavy atom. The highest BCUT2D eigenvalue weighted by Gasteiger charge is 2.43. The lowest BCUT2D eigenvalue weighted by Gasteiger charge is -2.32. The van der Waals surface area contributed by atoms with E-state index in [2.05, 4.69) is 0 Å². The van der Waals surface area contributed by atoms with Gasteiger partial charge in [-0.2, -0.15) is 0 Å². The summed E-state index contributed by atoms with van der Waals surface area (Å²) in [5.74, 6) is -0.985. The van der Waals surface area contributed by atoms with Gasteiger partial charge in [0, 0.05) is 0 Å². The summed E-state index contributed by atoms with van der Waals surface area (Å²) in [5.41, 5.74) is -1.82. The largest absolute Gasteiger partial charge is 0.370 e. The zero-order valence-electron chi connectivity index (χ0n) is 8.92. The van der Waals surface area contributed by atoms with Crippen LogP contribution in [0.25, 0.3) is 0 Å². The van der Waals surface area contributed by atoms with Crippen molar-refractivity contribution >= 4 is 11.6 Å². The molecule has 0 saturated carbocycles. The molecule has 0 rings (SSSR count). The highest BCUT2D eigenvalue weighted by Crippen LogP contribution is 2.12. The quantitative estimate of drug-likeness (QED) is 0.482. The SMILES string of the molecule is CC(=O)C(O)(C[N+](C)(C)C)C(C)=O. The average Bonchev–Trinajstić information content (AvgIpc) is 1.82. The maximum Gasteiger partial charge on any atom is 0.230 e. The van der Waals surface area contributed by atoms with E-state index in [0.29, 0.717) is 4.48 Å². The van der Waals surface area contributed by atoms with Gasteiger partial charge >= 0.3 is 0 Å². The van der Waals surface area contributed by atoms with Crippen molar-refractivity contribution in [2.45, 2.75) is 19.4 Å². The molecule has 4 nitrogen and oxygen atoms in total. The van der Waals surface area contributed by atoms with Crippen molar-refractivity contribution in [1.82, 2.24) is 0 Å². The van der Waals surface area contributed by atoms with Gasteiger partial charge in [0.25, 0.3) is 0 Å². The van der Waals surface area contributed by atoms with Crippen LogP contribution in [-0.4, -0.2) is 54.4 Å². The number of Topliss-reactive ketones (excluding diaryl/α,β-unsaturated/α-hetero) is 2. The molecular formula is C9H18NO3+. The molecule has 0 aliphatic carbocycles. The maximum atomic E-state index is 11.1. The van der Waals surface area contributed by atoms with E-state index >= 15 is 0 Å². The number of rotatable bonds is 4. The molecule has 76 valence electrons. The summed E-state index contributed by atoms with van der Waals surface area (Å²) in [6, 6.07) is 0. The second kappa shape index (κ2) is 3.55. The summed E-state index contributed by atoms with van der Waals surface area (Å²) >= 11 is 0. The zero-order chi connectivity index (χ0) is 10.9. The molecule has 0 aliphatic heterocycles. The van der Waals surface area contributed by atoms with Crippen LogP contribution in [0, 0.1) is 0 Å². The standard InChI is InChI=1S/C9H18NO3/c1-7(11)9(13,8(2)12)6-10(3,4)5/h13H,6H2,1-5H3/q+1. The minimum absolute atomic E-state index is 0.109. The number of carbonyl (C=O) groups is 2. The first-order valence-corrected chi connectivity index (χ1v) is 4.14. The first-order chi connectivity index (χ1) is 5.59. The Morgan fingerprint density at radius 1 is 1.15 bits per heavy atom. The van der Waals surface area contributed by atoms with Crippen LogP contribution >= 0.6 is 0 Å². The van der Waals surface area contributed by atoms with Crippen LogP contribution in [-0.2, 0) is 9.59 Å². The van der Waals surface area contributed by atoms with Crippen molar-refractivity contribution < 1.29 is 19.2 Å². The monoisotopic (exact) mass is 188 g/mol. The number of ketones is 2. The summed E-state index contributed by atoms with van der Waals surface area (Å²) in [4.78, 5) is 22.2. The molecule has 0 atom stereocenters. The zero-order valence-corrected chi connectivity index (χ0v) is 8.92. The van der Waals surface area contributed by atoms with Gasteiger partial charge in [0.05, 0.1) is 21.1 Å². The number of quaternary nitrogens is 1. The number of nitrogens with zero attached hydrogens (tertiary/aromatic N) is 1. The normalized spacial score (nSPS) is 12.8. The Morgan fingerprint density at radius 2 is 1.46 bits per heavy atom. The fraction of sp³-hybridized carbons (Fsp3) is 0.778. The Labute approximate surface area is 78.7 Å². The van der Waals surface area contributed by atoms with E-state index in [0.717, 1.165) is 0 Å². The predicted molar refractivity (Wildman–Crippen MR) is 49.2 cm³/mol. The summed E-state index contributed by atoms with van der Waals surface area (Å²) in [6.07, 6.45) is 0. The molecule has 0 unspecified atom stereocenters. The lowest BCUT2D eigenvalue weighted by molar-refractivity contribution is -0.874. The molecule has 0 aromatic rings. The molecule has 0 aliphatic rings. The Kier molecular flexibility index (Phi) is 3.35. The number of likely N-dealkylation sites (N-methyl/N-ethyl adjacent to an activating group) is 1. The minimum atomic E-state index is -1.82. The summed E-state index contributed by atoms with van der Waals surface area (Å²) < 4.78 is 0.371. The third kappa shape index (κ3) is 3.24. The molecule has 0 saturated heterocycles. The van der Waals surface area contributed by atoms with Crippen LogP contribution in [0.2, 0.25) is 0 Å². The molecule has 0 aromatic heterocycles. The van der Waals surface area contributed by atoms with Gasteiger partial charge in [0.15, 0.2) is 11.6 Å². The highest BCUT2D eigenvalue weighted by atomic mass is 16.3. The molecule has 0 spiro atoms. The van der Waals surface area contributed by atoms with Gasteiger partial charge in [-0.25, -0.2) is 0 Å². The molecule has 13 heavy (non-hydrogen) atoms. The van der Waals surface area contributed by atoms with Gasteiger partial charge in [-0.1, -0.05) is 0 Å². The van der Waals surface area contributed by atoms with E-state index in [1.165, 1.54) is 13.8 Å². The van der Waals surface area contributed by atoms with E-state index < -0.39 is 17.2 Å². The predicted octanol–water partition coefficient (Wildman–Crippen LogP) is -0.398. The van der Waals surface area contributed by atoms with Crippen LogP contribution in [0.15, 0.2) is 0 Å². The van der Waals surface area contributed by atoms with E-state index in [4.69, 9.17) is 0 Å². The van der Waals surface area contributed by atoms with Gasteiger partial charge in [-0.3, -0.25) is 9.59 Å². The van der Waals surface area contributed by atoms with Gasteiger partial charge in [0.1, 0.15) is 6.54 Å². The molecule has 0 fully saturated rings. The maximum absolute atomic E-state index is 11.1. The van der Waals surface area contributed by atoms with Gasteiger partial charge < -0.3 is 9.59 Å². The van der Waals surface area contributed by atoms with E-state index in [1.54, 1.807) is 0 Å². The molecular weight excluding hydrogens is 170 g/mol. The first-order valence-electron chi connectivity index (χ1n) is 4.14. The minimum Gasteiger partial charge on any atom is -0.370 e. The van der Waals surface area contributed by atoms with Crippen molar-refractivity contribution in [2.24, 2.45) is 0 Å². The molecule has 1 N–H and O–H groups in total. The smallest absolute Gasteiger partial charge is 0.230 e. The third-order valence-corrected chi connectivity index (χ3v) is 1.87. The summed E-state index contributed by atoms with van der Waals surface area (Å²) in [5, 5.41) is 9.79. The van der Waals surface area contributed by atoms with Crippen molar-refractivity contribution in [2.75, 3.05) is 27.7 Å². The van der Waals surface area contributed by atoms with Crippen LogP contribution in [0.1, 0.15) is 13.8 Å². The number of aliphatic hydroxyl groups is 1. The lowest BCUT2D eigenvalue weighted by Crippen LogP contribution is -2.57. The molecule has 0 radical (unpaired) electrons. The van der Waals surface area contributed by atoms with E-state index in [-0.39, 0.29) is 6.54 Å². The Balaban J connectivity index is 4.84. The molecule has 0 aromatic carbocycles.